The second kappa shape index (κ2) is 6.29. The number of amides is 3. The summed E-state index contributed by atoms with van der Waals surface area (Å²) in [6, 6.07) is 6.07. The predicted octanol–water partition coefficient (Wildman–Crippen LogP) is 1.98. The number of imide groups is 1. The molecule has 1 N–H and O–H groups in total. The molecule has 1 fully saturated rings. The number of aromatic amines is 1. The standard InChI is InChI=1S/C15H14ClN3O4/c16-12-4-3-11(23-12)9-18-7-5-13(20)19(15(18)22)8-10-2-1-6-17-14(10)21/h1-4,6H,5,7-9H2,(H,17,21). The van der Waals surface area contributed by atoms with Crippen molar-refractivity contribution in [2.45, 2.75) is 19.5 Å². The van der Waals surface area contributed by atoms with E-state index in [0.717, 1.165) is 4.90 Å². The van der Waals surface area contributed by atoms with E-state index in [-0.39, 0.29) is 36.2 Å². The van der Waals surface area contributed by atoms with Crippen molar-refractivity contribution in [1.82, 2.24) is 14.8 Å². The third-order valence-electron chi connectivity index (χ3n) is 3.60. The van der Waals surface area contributed by atoms with Gasteiger partial charge in [-0.25, -0.2) is 4.79 Å². The number of H-pyrrole nitrogens is 1. The van der Waals surface area contributed by atoms with Crippen LogP contribution in [-0.2, 0) is 17.9 Å². The molecule has 0 spiro atoms. The molecule has 7 nitrogen and oxygen atoms in total. The van der Waals surface area contributed by atoms with Gasteiger partial charge in [-0.2, -0.15) is 0 Å². The van der Waals surface area contributed by atoms with E-state index in [1.54, 1.807) is 24.3 Å². The van der Waals surface area contributed by atoms with E-state index < -0.39 is 6.03 Å². The van der Waals surface area contributed by atoms with Crippen LogP contribution in [0.2, 0.25) is 5.22 Å². The van der Waals surface area contributed by atoms with Gasteiger partial charge in [0.05, 0.1) is 13.1 Å². The van der Waals surface area contributed by atoms with E-state index in [2.05, 4.69) is 4.98 Å². The number of aromatic nitrogens is 1. The zero-order chi connectivity index (χ0) is 16.4. The summed E-state index contributed by atoms with van der Waals surface area (Å²) >= 11 is 5.72. The van der Waals surface area contributed by atoms with E-state index in [4.69, 9.17) is 16.0 Å². The van der Waals surface area contributed by atoms with Crippen molar-refractivity contribution in [2.75, 3.05) is 6.54 Å². The third kappa shape index (κ3) is 3.29. The van der Waals surface area contributed by atoms with Gasteiger partial charge in [-0.1, -0.05) is 6.07 Å². The molecule has 2 aromatic rings. The highest BCUT2D eigenvalue weighted by Gasteiger charge is 2.32. The summed E-state index contributed by atoms with van der Waals surface area (Å²) in [5, 5.41) is 0.244. The number of hydrogen-bond donors (Lipinski definition) is 1. The lowest BCUT2D eigenvalue weighted by molar-refractivity contribution is -0.131. The van der Waals surface area contributed by atoms with Gasteiger partial charge in [0.15, 0.2) is 5.22 Å². The largest absolute Gasteiger partial charge is 0.448 e. The molecule has 23 heavy (non-hydrogen) atoms. The molecule has 3 rings (SSSR count). The zero-order valence-electron chi connectivity index (χ0n) is 12.1. The van der Waals surface area contributed by atoms with Crippen LogP contribution in [0.15, 0.2) is 39.7 Å². The molecule has 0 saturated carbocycles. The quantitative estimate of drug-likeness (QED) is 0.925. The van der Waals surface area contributed by atoms with Gasteiger partial charge >= 0.3 is 6.03 Å². The Bertz CT molecular complexity index is 798. The van der Waals surface area contributed by atoms with Gasteiger partial charge in [-0.3, -0.25) is 14.5 Å². The maximum absolute atomic E-state index is 12.5. The molecule has 0 atom stereocenters. The minimum absolute atomic E-state index is 0.0523. The summed E-state index contributed by atoms with van der Waals surface area (Å²) < 4.78 is 5.25. The molecule has 1 saturated heterocycles. The minimum Gasteiger partial charge on any atom is -0.448 e. The first-order valence-corrected chi connectivity index (χ1v) is 7.42. The van der Waals surface area contributed by atoms with Gasteiger partial charge in [-0.05, 0) is 29.8 Å². The first kappa shape index (κ1) is 15.4. The van der Waals surface area contributed by atoms with Crippen molar-refractivity contribution in [3.63, 3.8) is 0 Å². The van der Waals surface area contributed by atoms with E-state index in [1.807, 2.05) is 0 Å². The first-order chi connectivity index (χ1) is 11.0. The van der Waals surface area contributed by atoms with Crippen molar-refractivity contribution in [1.29, 1.82) is 0 Å². The Morgan fingerprint density at radius 3 is 2.70 bits per heavy atom. The van der Waals surface area contributed by atoms with Crippen molar-refractivity contribution in [3.8, 4) is 0 Å². The number of rotatable bonds is 4. The van der Waals surface area contributed by atoms with E-state index >= 15 is 0 Å². The van der Waals surface area contributed by atoms with Crippen LogP contribution in [0.4, 0.5) is 4.79 Å². The van der Waals surface area contributed by atoms with Gasteiger partial charge in [0, 0.05) is 24.7 Å². The fraction of sp³-hybridized carbons (Fsp3) is 0.267. The average Bonchev–Trinajstić information content (AvgIpc) is 2.93. The number of furan rings is 1. The van der Waals surface area contributed by atoms with Crippen LogP contribution in [0, 0.1) is 0 Å². The maximum Gasteiger partial charge on any atom is 0.327 e. The highest BCUT2D eigenvalue weighted by atomic mass is 35.5. The predicted molar refractivity (Wildman–Crippen MR) is 81.8 cm³/mol. The van der Waals surface area contributed by atoms with Crippen molar-refractivity contribution in [3.05, 3.63) is 57.4 Å². The summed E-state index contributed by atoms with van der Waals surface area (Å²) in [5.74, 6) is 0.238. The minimum atomic E-state index is -0.447. The van der Waals surface area contributed by atoms with Crippen molar-refractivity contribution in [2.24, 2.45) is 0 Å². The number of pyridine rings is 1. The molecule has 3 heterocycles. The number of nitrogens with zero attached hydrogens (tertiary/aromatic N) is 2. The molecular formula is C15H14ClN3O4. The van der Waals surface area contributed by atoms with Gasteiger partial charge in [0.1, 0.15) is 5.76 Å². The Labute approximate surface area is 136 Å². The lowest BCUT2D eigenvalue weighted by atomic mass is 10.2. The molecule has 8 heteroatoms. The molecule has 2 aromatic heterocycles. The highest BCUT2D eigenvalue weighted by molar-refractivity contribution is 6.28. The molecule has 0 aliphatic carbocycles. The Balaban J connectivity index is 1.76. The maximum atomic E-state index is 12.5. The Morgan fingerprint density at radius 1 is 1.17 bits per heavy atom. The second-order valence-electron chi connectivity index (χ2n) is 5.16. The molecule has 1 aliphatic heterocycles. The molecule has 3 amide bonds. The van der Waals surface area contributed by atoms with Gasteiger partial charge in [-0.15, -0.1) is 0 Å². The van der Waals surface area contributed by atoms with Crippen molar-refractivity contribution >= 4 is 23.5 Å². The van der Waals surface area contributed by atoms with Crippen LogP contribution < -0.4 is 5.56 Å². The van der Waals surface area contributed by atoms with E-state index in [1.165, 1.54) is 11.1 Å². The van der Waals surface area contributed by atoms with Crippen LogP contribution >= 0.6 is 11.6 Å². The fourth-order valence-electron chi connectivity index (χ4n) is 2.42. The number of carbonyl (C=O) groups excluding carboxylic acids is 2. The average molecular weight is 336 g/mol. The van der Waals surface area contributed by atoms with Crippen LogP contribution in [0.25, 0.3) is 0 Å². The van der Waals surface area contributed by atoms with E-state index in [0.29, 0.717) is 17.9 Å². The number of urea groups is 1. The molecule has 0 bridgehead atoms. The summed E-state index contributed by atoms with van der Waals surface area (Å²) in [4.78, 5) is 41.4. The van der Waals surface area contributed by atoms with Crippen LogP contribution in [-0.4, -0.2) is 33.3 Å². The Morgan fingerprint density at radius 2 is 2.00 bits per heavy atom. The van der Waals surface area contributed by atoms with Gasteiger partial charge in [0.25, 0.3) is 5.56 Å². The first-order valence-electron chi connectivity index (χ1n) is 7.04. The van der Waals surface area contributed by atoms with E-state index in [9.17, 15) is 14.4 Å². The Hall–Kier alpha value is -2.54. The smallest absolute Gasteiger partial charge is 0.327 e. The van der Waals surface area contributed by atoms with Crippen LogP contribution in [0.5, 0.6) is 0 Å². The lowest BCUT2D eigenvalue weighted by Crippen LogP contribution is -2.51. The molecule has 1 aliphatic rings. The summed E-state index contributed by atoms with van der Waals surface area (Å²) in [6.07, 6.45) is 1.70. The van der Waals surface area contributed by atoms with Gasteiger partial charge < -0.3 is 14.3 Å². The third-order valence-corrected chi connectivity index (χ3v) is 3.80. The summed E-state index contributed by atoms with van der Waals surface area (Å²) in [6.45, 7) is 0.474. The molecule has 0 radical (unpaired) electrons. The summed E-state index contributed by atoms with van der Waals surface area (Å²) in [7, 11) is 0. The number of nitrogens with one attached hydrogen (secondary N) is 1. The highest BCUT2D eigenvalue weighted by Crippen LogP contribution is 2.19. The molecular weight excluding hydrogens is 322 g/mol. The van der Waals surface area contributed by atoms with Crippen molar-refractivity contribution < 1.29 is 14.0 Å². The van der Waals surface area contributed by atoms with Gasteiger partial charge in [0.2, 0.25) is 5.91 Å². The molecule has 0 unspecified atom stereocenters. The molecule has 0 aromatic carbocycles. The number of halogens is 1. The van der Waals surface area contributed by atoms with Crippen LogP contribution in [0.1, 0.15) is 17.7 Å². The van der Waals surface area contributed by atoms with Crippen LogP contribution in [0.3, 0.4) is 0 Å². The second-order valence-corrected chi connectivity index (χ2v) is 5.54. The number of carbonyl (C=O) groups is 2. The summed E-state index contributed by atoms with van der Waals surface area (Å²) in [5.41, 5.74) is 0.0418. The zero-order valence-corrected chi connectivity index (χ0v) is 12.9. The molecule has 120 valence electrons. The normalized spacial score (nSPS) is 15.3. The lowest BCUT2D eigenvalue weighted by Gasteiger charge is -2.33. The number of hydrogen-bond acceptors (Lipinski definition) is 4. The fourth-order valence-corrected chi connectivity index (χ4v) is 2.58. The monoisotopic (exact) mass is 335 g/mol. The Kier molecular flexibility index (Phi) is 4.20. The SMILES string of the molecule is O=C1CCN(Cc2ccc(Cl)o2)C(=O)N1Cc1ccc[nH]c1=O. The topological polar surface area (TPSA) is 86.6 Å².